The summed E-state index contributed by atoms with van der Waals surface area (Å²) in [5.41, 5.74) is 2.57. The summed E-state index contributed by atoms with van der Waals surface area (Å²) in [4.78, 5) is 13.8. The number of hydrogen-bond acceptors (Lipinski definition) is 3. The third-order valence-corrected chi connectivity index (χ3v) is 3.59. The van der Waals surface area contributed by atoms with Gasteiger partial charge in [0.05, 0.1) is 6.54 Å². The second-order valence-electron chi connectivity index (χ2n) is 5.19. The Bertz CT molecular complexity index is 661. The molecule has 0 aliphatic carbocycles. The Kier molecular flexibility index (Phi) is 4.23. The van der Waals surface area contributed by atoms with Gasteiger partial charge in [0.15, 0.2) is 0 Å². The second-order valence-corrected chi connectivity index (χ2v) is 5.19. The van der Waals surface area contributed by atoms with Crippen molar-refractivity contribution in [2.75, 3.05) is 18.4 Å². The maximum Gasteiger partial charge on any atom is 0.410 e. The highest BCUT2D eigenvalue weighted by Gasteiger charge is 2.20. The molecule has 0 atom stereocenters. The lowest BCUT2D eigenvalue weighted by molar-refractivity contribution is 0.0957. The van der Waals surface area contributed by atoms with Gasteiger partial charge in [-0.3, -0.25) is 0 Å². The average Bonchev–Trinajstić information content (AvgIpc) is 2.75. The quantitative estimate of drug-likeness (QED) is 0.924. The number of ether oxygens (including phenoxy) is 1. The van der Waals surface area contributed by atoms with E-state index in [1.807, 2.05) is 30.3 Å². The largest absolute Gasteiger partial charge is 0.445 e. The molecule has 0 unspecified atom stereocenters. The molecule has 0 radical (unpaired) electrons. The first kappa shape index (κ1) is 14.4. The number of carbonyl (C=O) groups excluding carboxylic acids is 1. The minimum absolute atomic E-state index is 0.250. The van der Waals surface area contributed by atoms with E-state index in [0.29, 0.717) is 19.6 Å². The van der Waals surface area contributed by atoms with Crippen molar-refractivity contribution < 1.29 is 13.9 Å². The number of nitrogens with zero attached hydrogens (tertiary/aromatic N) is 1. The minimum atomic E-state index is -0.358. The second kappa shape index (κ2) is 6.47. The van der Waals surface area contributed by atoms with Crippen LogP contribution in [0.15, 0.2) is 48.5 Å². The molecular weight excluding hydrogens is 283 g/mol. The van der Waals surface area contributed by atoms with E-state index in [-0.39, 0.29) is 18.5 Å². The molecule has 0 aromatic heterocycles. The van der Waals surface area contributed by atoms with E-state index in [2.05, 4.69) is 5.32 Å². The van der Waals surface area contributed by atoms with E-state index in [1.165, 1.54) is 12.1 Å². The fourth-order valence-electron chi connectivity index (χ4n) is 2.43. The van der Waals surface area contributed by atoms with Gasteiger partial charge in [-0.1, -0.05) is 36.4 Å². The monoisotopic (exact) mass is 300 g/mol. The van der Waals surface area contributed by atoms with Gasteiger partial charge in [0.25, 0.3) is 0 Å². The van der Waals surface area contributed by atoms with E-state index in [0.717, 1.165) is 16.8 Å². The first-order valence-corrected chi connectivity index (χ1v) is 7.20. The zero-order chi connectivity index (χ0) is 15.4. The molecule has 2 aromatic carbocycles. The normalized spacial score (nSPS) is 13.8. The summed E-state index contributed by atoms with van der Waals surface area (Å²) < 4.78 is 18.6. The number of anilines is 1. The van der Waals surface area contributed by atoms with Gasteiger partial charge >= 0.3 is 6.09 Å². The summed E-state index contributed by atoms with van der Waals surface area (Å²) in [5.74, 6) is -0.286. The Morgan fingerprint density at radius 2 is 2.05 bits per heavy atom. The molecule has 114 valence electrons. The fourth-order valence-corrected chi connectivity index (χ4v) is 2.43. The van der Waals surface area contributed by atoms with Gasteiger partial charge < -0.3 is 15.0 Å². The SMILES string of the molecule is O=C(OCc1ccccc1)N1CCNc2cc(F)ccc2C1. The summed E-state index contributed by atoms with van der Waals surface area (Å²) in [7, 11) is 0. The van der Waals surface area contributed by atoms with Gasteiger partial charge in [-0.15, -0.1) is 0 Å². The molecule has 4 nitrogen and oxygen atoms in total. The van der Waals surface area contributed by atoms with Crippen LogP contribution in [0.5, 0.6) is 0 Å². The van der Waals surface area contributed by atoms with Crippen LogP contribution in [-0.4, -0.2) is 24.1 Å². The Morgan fingerprint density at radius 3 is 2.86 bits per heavy atom. The molecule has 1 amide bonds. The molecule has 0 saturated carbocycles. The molecule has 2 aromatic rings. The lowest BCUT2D eigenvalue weighted by atomic mass is 10.1. The highest BCUT2D eigenvalue weighted by atomic mass is 19.1. The van der Waals surface area contributed by atoms with Crippen LogP contribution in [0.1, 0.15) is 11.1 Å². The molecule has 22 heavy (non-hydrogen) atoms. The molecule has 0 saturated heterocycles. The Labute approximate surface area is 128 Å². The molecule has 1 aliphatic rings. The Hall–Kier alpha value is -2.56. The number of rotatable bonds is 2. The van der Waals surface area contributed by atoms with Gasteiger partial charge in [0, 0.05) is 18.8 Å². The number of amides is 1. The van der Waals surface area contributed by atoms with Gasteiger partial charge in [0.1, 0.15) is 12.4 Å². The van der Waals surface area contributed by atoms with Crippen molar-refractivity contribution in [3.63, 3.8) is 0 Å². The van der Waals surface area contributed by atoms with Crippen LogP contribution in [0.4, 0.5) is 14.9 Å². The molecule has 5 heteroatoms. The first-order valence-electron chi connectivity index (χ1n) is 7.20. The zero-order valence-electron chi connectivity index (χ0n) is 12.1. The van der Waals surface area contributed by atoms with Crippen molar-refractivity contribution in [3.05, 3.63) is 65.5 Å². The summed E-state index contributed by atoms with van der Waals surface area (Å²) >= 11 is 0. The first-order chi connectivity index (χ1) is 10.7. The van der Waals surface area contributed by atoms with Gasteiger partial charge in [-0.05, 0) is 23.3 Å². The third kappa shape index (κ3) is 3.36. The molecule has 1 N–H and O–H groups in total. The maximum atomic E-state index is 13.2. The van der Waals surface area contributed by atoms with Crippen molar-refractivity contribution in [1.82, 2.24) is 4.90 Å². The van der Waals surface area contributed by atoms with Crippen molar-refractivity contribution in [2.45, 2.75) is 13.2 Å². The third-order valence-electron chi connectivity index (χ3n) is 3.59. The lowest BCUT2D eigenvalue weighted by Gasteiger charge is -2.19. The van der Waals surface area contributed by atoms with E-state index in [1.54, 1.807) is 11.0 Å². The molecular formula is C17H17FN2O2. The standard InChI is InChI=1S/C17H17FN2O2/c18-15-7-6-14-11-20(9-8-19-16(14)10-15)17(21)22-12-13-4-2-1-3-5-13/h1-7,10,19H,8-9,11-12H2. The van der Waals surface area contributed by atoms with Crippen molar-refractivity contribution in [1.29, 1.82) is 0 Å². The van der Waals surface area contributed by atoms with E-state index in [9.17, 15) is 9.18 Å². The van der Waals surface area contributed by atoms with Crippen LogP contribution in [0.3, 0.4) is 0 Å². The average molecular weight is 300 g/mol. The summed E-state index contributed by atoms with van der Waals surface area (Å²) in [6.07, 6.45) is -0.358. The zero-order valence-corrected chi connectivity index (χ0v) is 12.1. The van der Waals surface area contributed by atoms with E-state index >= 15 is 0 Å². The fraction of sp³-hybridized carbons (Fsp3) is 0.235. The number of benzene rings is 2. The van der Waals surface area contributed by atoms with Gasteiger partial charge in [-0.25, -0.2) is 9.18 Å². The van der Waals surface area contributed by atoms with E-state index < -0.39 is 0 Å². The minimum Gasteiger partial charge on any atom is -0.445 e. The van der Waals surface area contributed by atoms with Gasteiger partial charge in [-0.2, -0.15) is 0 Å². The van der Waals surface area contributed by atoms with Crippen LogP contribution in [0, 0.1) is 5.82 Å². The Morgan fingerprint density at radius 1 is 1.23 bits per heavy atom. The predicted octanol–water partition coefficient (Wildman–Crippen LogP) is 3.39. The number of fused-ring (bicyclic) bond motifs is 1. The van der Waals surface area contributed by atoms with Crippen LogP contribution in [0.2, 0.25) is 0 Å². The topological polar surface area (TPSA) is 41.6 Å². The predicted molar refractivity (Wildman–Crippen MR) is 81.9 cm³/mol. The molecule has 0 fully saturated rings. The summed E-state index contributed by atoms with van der Waals surface area (Å²) in [6, 6.07) is 14.1. The number of hydrogen-bond donors (Lipinski definition) is 1. The molecule has 3 rings (SSSR count). The lowest BCUT2D eigenvalue weighted by Crippen LogP contribution is -2.33. The van der Waals surface area contributed by atoms with Crippen LogP contribution in [0.25, 0.3) is 0 Å². The van der Waals surface area contributed by atoms with Crippen molar-refractivity contribution >= 4 is 11.8 Å². The Balaban J connectivity index is 1.64. The van der Waals surface area contributed by atoms with Gasteiger partial charge in [0.2, 0.25) is 0 Å². The number of halogens is 1. The van der Waals surface area contributed by atoms with Crippen molar-refractivity contribution in [2.24, 2.45) is 0 Å². The summed E-state index contributed by atoms with van der Waals surface area (Å²) in [5, 5.41) is 3.14. The smallest absolute Gasteiger partial charge is 0.410 e. The molecule has 0 spiro atoms. The maximum absolute atomic E-state index is 13.2. The van der Waals surface area contributed by atoms with Crippen LogP contribution in [-0.2, 0) is 17.9 Å². The van der Waals surface area contributed by atoms with Crippen LogP contribution >= 0.6 is 0 Å². The number of carbonyl (C=O) groups is 1. The van der Waals surface area contributed by atoms with Crippen LogP contribution < -0.4 is 5.32 Å². The van der Waals surface area contributed by atoms with E-state index in [4.69, 9.17) is 4.74 Å². The highest BCUT2D eigenvalue weighted by Crippen LogP contribution is 2.22. The molecule has 0 bridgehead atoms. The molecule has 1 aliphatic heterocycles. The highest BCUT2D eigenvalue weighted by molar-refractivity contribution is 5.69. The molecule has 1 heterocycles. The number of nitrogens with one attached hydrogen (secondary N) is 1. The van der Waals surface area contributed by atoms with Crippen molar-refractivity contribution in [3.8, 4) is 0 Å². The summed E-state index contributed by atoms with van der Waals surface area (Å²) in [6.45, 7) is 1.75.